The van der Waals surface area contributed by atoms with Crippen molar-refractivity contribution < 1.29 is 9.53 Å². The van der Waals surface area contributed by atoms with Gasteiger partial charge in [0.05, 0.1) is 31.2 Å². The highest BCUT2D eigenvalue weighted by atomic mass is 16.5. The lowest BCUT2D eigenvalue weighted by molar-refractivity contribution is -0.0199. The van der Waals surface area contributed by atoms with Crippen molar-refractivity contribution in [1.82, 2.24) is 29.6 Å². The van der Waals surface area contributed by atoms with Gasteiger partial charge in [0.1, 0.15) is 18.3 Å². The molecule has 1 atom stereocenters. The molecular formula is C15H21N7O2. The quantitative estimate of drug-likeness (QED) is 0.905. The first kappa shape index (κ1) is 16.3. The summed E-state index contributed by atoms with van der Waals surface area (Å²) in [6.45, 7) is 6.17. The molecule has 0 bridgehead atoms. The Bertz CT molecular complexity index is 685. The highest BCUT2D eigenvalue weighted by molar-refractivity contribution is 5.89. The molecule has 0 radical (unpaired) electrons. The molecule has 1 aliphatic heterocycles. The van der Waals surface area contributed by atoms with Crippen molar-refractivity contribution in [1.29, 1.82) is 0 Å². The molecule has 3 rings (SSSR count). The third-order valence-corrected chi connectivity index (χ3v) is 3.90. The van der Waals surface area contributed by atoms with Crippen LogP contribution in [0.3, 0.4) is 0 Å². The summed E-state index contributed by atoms with van der Waals surface area (Å²) in [6.07, 6.45) is 5.40. The fourth-order valence-electron chi connectivity index (χ4n) is 2.55. The molecule has 1 unspecified atom stereocenters. The number of nitrogens with zero attached hydrogens (tertiary/aromatic N) is 6. The van der Waals surface area contributed by atoms with Crippen molar-refractivity contribution in [2.24, 2.45) is 0 Å². The summed E-state index contributed by atoms with van der Waals surface area (Å²) in [5.74, 6) is 1.49. The Labute approximate surface area is 140 Å². The lowest BCUT2D eigenvalue weighted by Gasteiger charge is -2.32. The van der Waals surface area contributed by atoms with Crippen molar-refractivity contribution in [3.63, 3.8) is 0 Å². The number of aryl methyl sites for hydroxylation is 2. The van der Waals surface area contributed by atoms with Crippen LogP contribution in [0.15, 0.2) is 18.7 Å². The van der Waals surface area contributed by atoms with Gasteiger partial charge in [-0.3, -0.25) is 0 Å². The summed E-state index contributed by atoms with van der Waals surface area (Å²) in [6, 6.07) is -0.196. The maximum Gasteiger partial charge on any atom is 0.322 e. The number of amides is 2. The largest absolute Gasteiger partial charge is 0.366 e. The van der Waals surface area contributed by atoms with E-state index in [4.69, 9.17) is 4.74 Å². The second-order valence-corrected chi connectivity index (χ2v) is 5.45. The first-order valence-electron chi connectivity index (χ1n) is 8.07. The van der Waals surface area contributed by atoms with Gasteiger partial charge in [0.15, 0.2) is 5.82 Å². The van der Waals surface area contributed by atoms with Crippen LogP contribution in [0, 0.1) is 0 Å². The number of nitrogens with one attached hydrogen (secondary N) is 1. The zero-order chi connectivity index (χ0) is 16.9. The third-order valence-electron chi connectivity index (χ3n) is 3.90. The molecule has 9 heteroatoms. The van der Waals surface area contributed by atoms with Gasteiger partial charge in [-0.05, 0) is 6.92 Å². The fraction of sp³-hybridized carbons (Fsp3) is 0.533. The van der Waals surface area contributed by atoms with Gasteiger partial charge in [-0.15, -0.1) is 10.2 Å². The third kappa shape index (κ3) is 3.51. The fourth-order valence-corrected chi connectivity index (χ4v) is 2.55. The number of carbonyl (C=O) groups is 1. The van der Waals surface area contributed by atoms with Crippen LogP contribution in [0.4, 0.5) is 10.5 Å². The number of aromatic nitrogens is 5. The predicted molar refractivity (Wildman–Crippen MR) is 86.4 cm³/mol. The Morgan fingerprint density at radius 2 is 2.17 bits per heavy atom. The molecule has 2 aromatic rings. The van der Waals surface area contributed by atoms with Crippen LogP contribution < -0.4 is 5.32 Å². The maximum absolute atomic E-state index is 12.5. The van der Waals surface area contributed by atoms with Gasteiger partial charge in [-0.2, -0.15) is 0 Å². The van der Waals surface area contributed by atoms with E-state index in [1.807, 2.05) is 18.4 Å². The normalized spacial score (nSPS) is 17.8. The van der Waals surface area contributed by atoms with Gasteiger partial charge in [0.25, 0.3) is 0 Å². The Hall–Kier alpha value is -2.55. The summed E-state index contributed by atoms with van der Waals surface area (Å²) < 4.78 is 7.68. The van der Waals surface area contributed by atoms with Crippen LogP contribution >= 0.6 is 0 Å². The Morgan fingerprint density at radius 1 is 1.38 bits per heavy atom. The number of rotatable bonds is 4. The highest BCUT2D eigenvalue weighted by Gasteiger charge is 2.28. The molecule has 1 aliphatic rings. The molecule has 2 amide bonds. The van der Waals surface area contributed by atoms with Gasteiger partial charge >= 0.3 is 6.03 Å². The molecule has 0 aromatic carbocycles. The van der Waals surface area contributed by atoms with Gasteiger partial charge in [-0.25, -0.2) is 14.8 Å². The Balaban J connectivity index is 1.64. The minimum Gasteiger partial charge on any atom is -0.366 e. The lowest BCUT2D eigenvalue weighted by atomic mass is 10.2. The van der Waals surface area contributed by atoms with Gasteiger partial charge in [0.2, 0.25) is 0 Å². The number of hydrogen-bond donors (Lipinski definition) is 1. The predicted octanol–water partition coefficient (Wildman–Crippen LogP) is 1.26. The molecule has 9 nitrogen and oxygen atoms in total. The van der Waals surface area contributed by atoms with Gasteiger partial charge in [-0.1, -0.05) is 6.92 Å². The number of hydrogen-bond acceptors (Lipinski definition) is 6. The van der Waals surface area contributed by atoms with Crippen LogP contribution in [0.25, 0.3) is 0 Å². The molecule has 1 saturated heterocycles. The number of anilines is 1. The average Bonchev–Trinajstić information content (AvgIpc) is 3.11. The molecule has 1 fully saturated rings. The van der Waals surface area contributed by atoms with Crippen molar-refractivity contribution in [2.45, 2.75) is 32.9 Å². The van der Waals surface area contributed by atoms with E-state index in [0.717, 1.165) is 24.6 Å². The molecule has 2 aromatic heterocycles. The number of carbonyl (C=O) groups excluding carboxylic acids is 1. The van der Waals surface area contributed by atoms with E-state index in [0.29, 0.717) is 25.4 Å². The standard InChI is InChI=1S/C15H21N7O2/c1-3-13-16-7-11(8-17-13)19-15(23)22-5-6-24-12(9-22)14-20-18-10-21(14)4-2/h7-8,10,12H,3-6,9H2,1-2H3,(H,19,23). The molecule has 0 saturated carbocycles. The van der Waals surface area contributed by atoms with E-state index >= 15 is 0 Å². The molecular weight excluding hydrogens is 310 g/mol. The minimum absolute atomic E-state index is 0.196. The van der Waals surface area contributed by atoms with Crippen LogP contribution in [0.1, 0.15) is 31.6 Å². The molecule has 1 N–H and O–H groups in total. The molecule has 0 aliphatic carbocycles. The topological polar surface area (TPSA) is 98.1 Å². The van der Waals surface area contributed by atoms with Crippen LogP contribution in [-0.4, -0.2) is 55.4 Å². The van der Waals surface area contributed by atoms with Crippen LogP contribution in [-0.2, 0) is 17.7 Å². The van der Waals surface area contributed by atoms with Crippen molar-refractivity contribution >= 4 is 11.7 Å². The van der Waals surface area contributed by atoms with E-state index in [2.05, 4.69) is 25.5 Å². The lowest BCUT2D eigenvalue weighted by Crippen LogP contribution is -2.45. The first-order valence-corrected chi connectivity index (χ1v) is 8.07. The SMILES string of the molecule is CCc1ncc(NC(=O)N2CCOC(c3nncn3CC)C2)cn1. The average molecular weight is 331 g/mol. The van der Waals surface area contributed by atoms with E-state index in [1.165, 1.54) is 0 Å². The molecule has 3 heterocycles. The minimum atomic E-state index is -0.273. The summed E-state index contributed by atoms with van der Waals surface area (Å²) in [5, 5.41) is 10.9. The molecule has 128 valence electrons. The summed E-state index contributed by atoms with van der Waals surface area (Å²) in [5.41, 5.74) is 0.581. The van der Waals surface area contributed by atoms with Crippen LogP contribution in [0.2, 0.25) is 0 Å². The van der Waals surface area contributed by atoms with E-state index in [9.17, 15) is 4.79 Å². The number of urea groups is 1. The van der Waals surface area contributed by atoms with Crippen LogP contribution in [0.5, 0.6) is 0 Å². The second-order valence-electron chi connectivity index (χ2n) is 5.45. The van der Waals surface area contributed by atoms with Crippen molar-refractivity contribution in [3.05, 3.63) is 30.4 Å². The Kier molecular flexibility index (Phi) is 4.99. The summed E-state index contributed by atoms with van der Waals surface area (Å²) >= 11 is 0. The van der Waals surface area contributed by atoms with E-state index < -0.39 is 0 Å². The van der Waals surface area contributed by atoms with Gasteiger partial charge < -0.3 is 19.5 Å². The zero-order valence-corrected chi connectivity index (χ0v) is 13.8. The Morgan fingerprint density at radius 3 is 2.88 bits per heavy atom. The molecule has 24 heavy (non-hydrogen) atoms. The molecule has 0 spiro atoms. The van der Waals surface area contributed by atoms with Crippen molar-refractivity contribution in [3.8, 4) is 0 Å². The first-order chi connectivity index (χ1) is 11.7. The number of ether oxygens (including phenoxy) is 1. The zero-order valence-electron chi connectivity index (χ0n) is 13.8. The van der Waals surface area contributed by atoms with Crippen molar-refractivity contribution in [2.75, 3.05) is 25.0 Å². The maximum atomic E-state index is 12.5. The van der Waals surface area contributed by atoms with E-state index in [-0.39, 0.29) is 12.1 Å². The van der Waals surface area contributed by atoms with Gasteiger partial charge in [0, 0.05) is 19.5 Å². The summed E-state index contributed by atoms with van der Waals surface area (Å²) in [4.78, 5) is 22.5. The monoisotopic (exact) mass is 331 g/mol. The second kappa shape index (κ2) is 7.35. The van der Waals surface area contributed by atoms with E-state index in [1.54, 1.807) is 23.6 Å². The summed E-state index contributed by atoms with van der Waals surface area (Å²) in [7, 11) is 0. The smallest absolute Gasteiger partial charge is 0.322 e. The highest BCUT2D eigenvalue weighted by Crippen LogP contribution is 2.21. The number of morpholine rings is 1.